The molecule has 144 valence electrons. The summed E-state index contributed by atoms with van der Waals surface area (Å²) in [6.45, 7) is 2.53. The molecule has 1 saturated carbocycles. The molecule has 1 aromatic carbocycles. The number of tetrazole rings is 1. The van der Waals surface area contributed by atoms with E-state index in [-0.39, 0.29) is 17.2 Å². The van der Waals surface area contributed by atoms with Crippen LogP contribution in [0.3, 0.4) is 0 Å². The molecule has 1 fully saturated rings. The first-order chi connectivity index (χ1) is 13.7. The van der Waals surface area contributed by atoms with Gasteiger partial charge in [-0.3, -0.25) is 9.59 Å². The quantitative estimate of drug-likeness (QED) is 0.675. The second kappa shape index (κ2) is 7.71. The van der Waals surface area contributed by atoms with Crippen molar-refractivity contribution in [2.75, 3.05) is 5.32 Å². The summed E-state index contributed by atoms with van der Waals surface area (Å²) in [5.74, 6) is 0.314. The lowest BCUT2D eigenvalue weighted by atomic mass is 10.2. The van der Waals surface area contributed by atoms with Crippen LogP contribution >= 0.6 is 0 Å². The first kappa shape index (κ1) is 18.0. The van der Waals surface area contributed by atoms with Crippen LogP contribution < -0.4 is 10.9 Å². The van der Waals surface area contributed by atoms with Gasteiger partial charge in [-0.05, 0) is 47.9 Å². The second-order valence-electron chi connectivity index (χ2n) is 6.85. The Labute approximate surface area is 161 Å². The lowest BCUT2D eigenvalue weighted by Crippen LogP contribution is -2.26. The van der Waals surface area contributed by atoms with Crippen LogP contribution in [0.4, 0.5) is 5.69 Å². The van der Waals surface area contributed by atoms with E-state index in [2.05, 4.69) is 25.9 Å². The summed E-state index contributed by atoms with van der Waals surface area (Å²) in [6, 6.07) is 10.5. The molecule has 4 rings (SSSR count). The lowest BCUT2D eigenvalue weighted by molar-refractivity contribution is 0.101. The van der Waals surface area contributed by atoms with Gasteiger partial charge < -0.3 is 5.32 Å². The zero-order valence-corrected chi connectivity index (χ0v) is 15.6. The minimum atomic E-state index is -0.371. The predicted molar refractivity (Wildman–Crippen MR) is 103 cm³/mol. The maximum Gasteiger partial charge on any atom is 0.276 e. The van der Waals surface area contributed by atoms with Gasteiger partial charge in [-0.1, -0.05) is 25.5 Å². The number of aryl methyl sites for hydroxylation is 1. The van der Waals surface area contributed by atoms with E-state index >= 15 is 0 Å². The summed E-state index contributed by atoms with van der Waals surface area (Å²) in [6.07, 6.45) is 3.93. The standard InChI is InChI=1S/C19H21N7O2/c1-2-3-11-25-17(27)10-9-16(22-25)19(28)20-14-6-4-5-13(12-14)18-21-23-24-26(18)15-7-8-15/h4-6,9-10,12,15H,2-3,7-8,11H2,1H3,(H,20,28). The van der Waals surface area contributed by atoms with E-state index in [1.54, 1.807) is 6.07 Å². The monoisotopic (exact) mass is 379 g/mol. The summed E-state index contributed by atoms with van der Waals surface area (Å²) in [7, 11) is 0. The molecule has 0 aliphatic heterocycles. The number of rotatable bonds is 7. The van der Waals surface area contributed by atoms with E-state index in [0.717, 1.165) is 31.2 Å². The first-order valence-electron chi connectivity index (χ1n) is 9.43. The van der Waals surface area contributed by atoms with Crippen LogP contribution in [-0.4, -0.2) is 35.9 Å². The third-order valence-corrected chi connectivity index (χ3v) is 4.59. The summed E-state index contributed by atoms with van der Waals surface area (Å²) in [4.78, 5) is 24.5. The molecule has 0 unspecified atom stereocenters. The number of carbonyl (C=O) groups excluding carboxylic acids is 1. The molecule has 0 bridgehead atoms. The molecule has 3 aromatic rings. The predicted octanol–water partition coefficient (Wildman–Crippen LogP) is 2.28. The fourth-order valence-corrected chi connectivity index (χ4v) is 2.92. The van der Waals surface area contributed by atoms with Crippen molar-refractivity contribution in [2.45, 2.75) is 45.2 Å². The van der Waals surface area contributed by atoms with Crippen LogP contribution in [0.2, 0.25) is 0 Å². The van der Waals surface area contributed by atoms with Gasteiger partial charge in [0.1, 0.15) is 5.69 Å². The lowest BCUT2D eigenvalue weighted by Gasteiger charge is -2.09. The van der Waals surface area contributed by atoms with Gasteiger partial charge in [0, 0.05) is 23.9 Å². The third-order valence-electron chi connectivity index (χ3n) is 4.59. The Hall–Kier alpha value is -3.36. The molecule has 28 heavy (non-hydrogen) atoms. The Balaban J connectivity index is 1.54. The minimum absolute atomic E-state index is 0.198. The van der Waals surface area contributed by atoms with Crippen molar-refractivity contribution >= 4 is 11.6 Å². The van der Waals surface area contributed by atoms with Crippen LogP contribution in [0.1, 0.15) is 49.1 Å². The second-order valence-corrected chi connectivity index (χ2v) is 6.85. The number of hydrogen-bond donors (Lipinski definition) is 1. The highest BCUT2D eigenvalue weighted by Gasteiger charge is 2.28. The SMILES string of the molecule is CCCCn1nc(C(=O)Nc2cccc(-c3nnnn3C3CC3)c2)ccc1=O. The average Bonchev–Trinajstić information content (AvgIpc) is 3.43. The molecular weight excluding hydrogens is 358 g/mol. The molecule has 0 radical (unpaired) electrons. The fourth-order valence-electron chi connectivity index (χ4n) is 2.92. The van der Waals surface area contributed by atoms with Crippen molar-refractivity contribution in [1.82, 2.24) is 30.0 Å². The summed E-state index contributed by atoms with van der Waals surface area (Å²) in [5.41, 5.74) is 1.43. The molecule has 0 spiro atoms. The van der Waals surface area contributed by atoms with E-state index in [4.69, 9.17) is 0 Å². The van der Waals surface area contributed by atoms with Gasteiger partial charge in [-0.2, -0.15) is 5.10 Å². The van der Waals surface area contributed by atoms with Crippen LogP contribution in [0.15, 0.2) is 41.2 Å². The molecule has 0 saturated heterocycles. The van der Waals surface area contributed by atoms with Crippen LogP contribution in [0.5, 0.6) is 0 Å². The maximum atomic E-state index is 12.6. The normalized spacial score (nSPS) is 13.5. The molecular formula is C19H21N7O2. The third kappa shape index (κ3) is 3.83. The highest BCUT2D eigenvalue weighted by Crippen LogP contribution is 2.36. The Morgan fingerprint density at radius 2 is 2.11 bits per heavy atom. The summed E-state index contributed by atoms with van der Waals surface area (Å²) < 4.78 is 3.16. The van der Waals surface area contributed by atoms with Gasteiger partial charge in [-0.15, -0.1) is 5.10 Å². The number of nitrogens with zero attached hydrogens (tertiary/aromatic N) is 6. The highest BCUT2D eigenvalue weighted by molar-refractivity contribution is 6.02. The van der Waals surface area contributed by atoms with Gasteiger partial charge >= 0.3 is 0 Å². The van der Waals surface area contributed by atoms with E-state index < -0.39 is 0 Å². The fraction of sp³-hybridized carbons (Fsp3) is 0.368. The van der Waals surface area contributed by atoms with Crippen molar-refractivity contribution in [1.29, 1.82) is 0 Å². The van der Waals surface area contributed by atoms with E-state index in [1.165, 1.54) is 16.8 Å². The van der Waals surface area contributed by atoms with Crippen LogP contribution in [0.25, 0.3) is 11.4 Å². The maximum absolute atomic E-state index is 12.6. The Bertz CT molecular complexity index is 1050. The Kier molecular flexibility index (Phi) is 4.96. The number of benzene rings is 1. The molecule has 2 heterocycles. The zero-order chi connectivity index (χ0) is 19.5. The molecule has 1 N–H and O–H groups in total. The van der Waals surface area contributed by atoms with E-state index in [1.807, 2.05) is 29.8 Å². The number of nitrogens with one attached hydrogen (secondary N) is 1. The van der Waals surface area contributed by atoms with Gasteiger partial charge in [0.25, 0.3) is 11.5 Å². The van der Waals surface area contributed by atoms with Crippen LogP contribution in [0, 0.1) is 0 Å². The molecule has 2 aromatic heterocycles. The smallest absolute Gasteiger partial charge is 0.276 e. The number of carbonyl (C=O) groups is 1. The minimum Gasteiger partial charge on any atom is -0.321 e. The van der Waals surface area contributed by atoms with Crippen molar-refractivity contribution < 1.29 is 4.79 Å². The van der Waals surface area contributed by atoms with Gasteiger partial charge in [-0.25, -0.2) is 9.36 Å². The highest BCUT2D eigenvalue weighted by atomic mass is 16.2. The van der Waals surface area contributed by atoms with Crippen molar-refractivity contribution in [2.24, 2.45) is 0 Å². The number of amides is 1. The van der Waals surface area contributed by atoms with Crippen molar-refractivity contribution in [3.8, 4) is 11.4 Å². The number of unbranched alkanes of at least 4 members (excludes halogenated alkanes) is 1. The van der Waals surface area contributed by atoms with E-state index in [9.17, 15) is 9.59 Å². The van der Waals surface area contributed by atoms with Crippen molar-refractivity contribution in [3.63, 3.8) is 0 Å². The Morgan fingerprint density at radius 3 is 2.89 bits per heavy atom. The number of aromatic nitrogens is 6. The number of anilines is 1. The summed E-state index contributed by atoms with van der Waals surface area (Å²) in [5, 5.41) is 19.0. The van der Waals surface area contributed by atoms with E-state index in [0.29, 0.717) is 24.1 Å². The molecule has 1 amide bonds. The average molecular weight is 379 g/mol. The van der Waals surface area contributed by atoms with Gasteiger partial charge in [0.05, 0.1) is 6.04 Å². The summed E-state index contributed by atoms with van der Waals surface area (Å²) >= 11 is 0. The molecule has 0 atom stereocenters. The molecule has 1 aliphatic carbocycles. The zero-order valence-electron chi connectivity index (χ0n) is 15.6. The largest absolute Gasteiger partial charge is 0.321 e. The van der Waals surface area contributed by atoms with Gasteiger partial charge in [0.2, 0.25) is 0 Å². The van der Waals surface area contributed by atoms with Crippen LogP contribution in [-0.2, 0) is 6.54 Å². The van der Waals surface area contributed by atoms with Crippen molar-refractivity contribution in [3.05, 3.63) is 52.4 Å². The van der Waals surface area contributed by atoms with Gasteiger partial charge in [0.15, 0.2) is 5.82 Å². The molecule has 1 aliphatic rings. The molecule has 9 nitrogen and oxygen atoms in total. The topological polar surface area (TPSA) is 108 Å². The first-order valence-corrected chi connectivity index (χ1v) is 9.43. The Morgan fingerprint density at radius 1 is 1.25 bits per heavy atom. The number of hydrogen-bond acceptors (Lipinski definition) is 6. The molecule has 9 heteroatoms.